The number of aromatic nitrogens is 4. The van der Waals surface area contributed by atoms with Gasteiger partial charge in [0.15, 0.2) is 5.65 Å². The van der Waals surface area contributed by atoms with Crippen LogP contribution in [0, 0.1) is 0 Å². The van der Waals surface area contributed by atoms with E-state index in [0.29, 0.717) is 12.6 Å². The highest BCUT2D eigenvalue weighted by atomic mass is 32.1. The number of aliphatic hydroxyl groups is 1. The summed E-state index contributed by atoms with van der Waals surface area (Å²) >= 11 is 4.50. The van der Waals surface area contributed by atoms with Crippen LogP contribution in [-0.4, -0.2) is 43.9 Å². The third-order valence-electron chi connectivity index (χ3n) is 4.77. The quantitative estimate of drug-likeness (QED) is 0.578. The first-order valence-corrected chi connectivity index (χ1v) is 9.29. The lowest BCUT2D eigenvalue weighted by atomic mass is 10.1. The van der Waals surface area contributed by atoms with Gasteiger partial charge in [0.2, 0.25) is 0 Å². The number of aliphatic hydroxyl groups excluding tert-OH is 1. The largest absolute Gasteiger partial charge is 0.396 e. The topological polar surface area (TPSA) is 78.6 Å². The second-order valence-electron chi connectivity index (χ2n) is 6.48. The molecule has 2 N–H and O–H groups in total. The van der Waals surface area contributed by atoms with E-state index in [1.807, 2.05) is 24.4 Å². The molecule has 4 rings (SSSR count). The molecule has 8 heteroatoms. The van der Waals surface area contributed by atoms with Crippen molar-refractivity contribution >= 4 is 29.9 Å². The van der Waals surface area contributed by atoms with Crippen molar-refractivity contribution in [2.24, 2.45) is 0 Å². The maximum Gasteiger partial charge on any atom is 0.173 e. The Kier molecular flexibility index (Phi) is 4.94. The van der Waals surface area contributed by atoms with Crippen molar-refractivity contribution in [1.29, 1.82) is 0 Å². The predicted molar refractivity (Wildman–Crippen MR) is 104 cm³/mol. The van der Waals surface area contributed by atoms with Crippen LogP contribution in [0.25, 0.3) is 5.65 Å². The van der Waals surface area contributed by atoms with E-state index >= 15 is 0 Å². The fourth-order valence-corrected chi connectivity index (χ4v) is 3.69. The van der Waals surface area contributed by atoms with Crippen LogP contribution >= 0.6 is 12.6 Å². The lowest BCUT2D eigenvalue weighted by molar-refractivity contribution is 0.275. The van der Waals surface area contributed by atoms with Gasteiger partial charge in [0.1, 0.15) is 11.6 Å². The molecule has 0 aliphatic carbocycles. The predicted octanol–water partition coefficient (Wildman–Crippen LogP) is 2.38. The highest BCUT2D eigenvalue weighted by molar-refractivity contribution is 7.80. The lowest BCUT2D eigenvalue weighted by Gasteiger charge is -2.26. The van der Waals surface area contributed by atoms with Crippen molar-refractivity contribution in [3.8, 4) is 0 Å². The van der Waals surface area contributed by atoms with Gasteiger partial charge in [0.25, 0.3) is 0 Å². The minimum Gasteiger partial charge on any atom is -0.396 e. The maximum absolute atomic E-state index is 9.35. The van der Waals surface area contributed by atoms with Crippen LogP contribution in [0.15, 0.2) is 41.7 Å². The summed E-state index contributed by atoms with van der Waals surface area (Å²) in [4.78, 5) is 12.0. The zero-order valence-electron chi connectivity index (χ0n) is 14.4. The average molecular weight is 370 g/mol. The van der Waals surface area contributed by atoms with Crippen LogP contribution in [0.2, 0.25) is 0 Å². The van der Waals surface area contributed by atoms with Crippen LogP contribution in [-0.2, 0) is 6.54 Å². The minimum absolute atomic E-state index is 0.194. The third-order valence-corrected chi connectivity index (χ3v) is 5.09. The molecule has 0 aromatic carbocycles. The van der Waals surface area contributed by atoms with Crippen molar-refractivity contribution < 1.29 is 5.11 Å². The molecule has 1 saturated heterocycles. The van der Waals surface area contributed by atoms with Crippen LogP contribution in [0.4, 0.5) is 11.6 Å². The standard InChI is InChI=1S/C18H22N6OS/c25-8-5-14-4-2-7-23(14)17-9-16(20-11-13-3-1-6-19-10-13)24-18(22-17)15(26)12-21-24/h1,3,6,9-10,12,14,20,25-26H,2,4-5,7-8,11H2. The van der Waals surface area contributed by atoms with E-state index in [2.05, 4.69) is 32.9 Å². The molecular formula is C18H22N6OS. The molecule has 26 heavy (non-hydrogen) atoms. The highest BCUT2D eigenvalue weighted by Gasteiger charge is 2.26. The Morgan fingerprint density at radius 2 is 2.27 bits per heavy atom. The van der Waals surface area contributed by atoms with Gasteiger partial charge in [-0.2, -0.15) is 9.61 Å². The molecule has 0 spiro atoms. The fourth-order valence-electron chi connectivity index (χ4n) is 3.49. The van der Waals surface area contributed by atoms with Crippen molar-refractivity contribution in [1.82, 2.24) is 19.6 Å². The van der Waals surface area contributed by atoms with Gasteiger partial charge in [0.05, 0.1) is 11.1 Å². The number of hydrogen-bond donors (Lipinski definition) is 3. The summed E-state index contributed by atoms with van der Waals surface area (Å²) in [5.41, 5.74) is 1.82. The van der Waals surface area contributed by atoms with Crippen LogP contribution in [0.5, 0.6) is 0 Å². The van der Waals surface area contributed by atoms with Crippen LogP contribution in [0.1, 0.15) is 24.8 Å². The summed E-state index contributed by atoms with van der Waals surface area (Å²) in [5.74, 6) is 1.77. The molecule has 1 aliphatic heterocycles. The van der Waals surface area contributed by atoms with Gasteiger partial charge in [-0.05, 0) is 30.9 Å². The van der Waals surface area contributed by atoms with Crippen molar-refractivity contribution in [3.05, 3.63) is 42.4 Å². The first-order chi connectivity index (χ1) is 12.8. The summed E-state index contributed by atoms with van der Waals surface area (Å²) in [6.07, 6.45) is 8.28. The van der Waals surface area contributed by atoms with Crippen molar-refractivity contribution in [3.63, 3.8) is 0 Å². The summed E-state index contributed by atoms with van der Waals surface area (Å²) in [6, 6.07) is 6.31. The molecule has 0 bridgehead atoms. The number of pyridine rings is 1. The van der Waals surface area contributed by atoms with Gasteiger partial charge >= 0.3 is 0 Å². The fraction of sp³-hybridized carbons (Fsp3) is 0.389. The molecule has 0 saturated carbocycles. The molecule has 1 unspecified atom stereocenters. The van der Waals surface area contributed by atoms with E-state index in [4.69, 9.17) is 4.98 Å². The molecule has 1 fully saturated rings. The number of fused-ring (bicyclic) bond motifs is 1. The van der Waals surface area contributed by atoms with E-state index in [-0.39, 0.29) is 6.61 Å². The molecular weight excluding hydrogens is 348 g/mol. The first-order valence-electron chi connectivity index (χ1n) is 8.84. The zero-order valence-corrected chi connectivity index (χ0v) is 15.3. The van der Waals surface area contributed by atoms with Gasteiger partial charge in [-0.1, -0.05) is 6.07 Å². The number of nitrogens with zero attached hydrogens (tertiary/aromatic N) is 5. The van der Waals surface area contributed by atoms with Crippen LogP contribution < -0.4 is 10.2 Å². The molecule has 136 valence electrons. The molecule has 1 atom stereocenters. The SMILES string of the molecule is OCCC1CCCN1c1cc(NCc2cccnc2)n2ncc(S)c2n1. The van der Waals surface area contributed by atoms with Crippen LogP contribution in [0.3, 0.4) is 0 Å². The number of nitrogens with one attached hydrogen (secondary N) is 1. The van der Waals surface area contributed by atoms with Gasteiger partial charge in [0, 0.05) is 44.2 Å². The molecule has 3 aromatic heterocycles. The minimum atomic E-state index is 0.194. The van der Waals surface area contributed by atoms with E-state index in [9.17, 15) is 5.11 Å². The van der Waals surface area contributed by atoms with E-state index < -0.39 is 0 Å². The van der Waals surface area contributed by atoms with E-state index in [1.165, 1.54) is 0 Å². The molecule has 7 nitrogen and oxygen atoms in total. The van der Waals surface area contributed by atoms with Crippen molar-refractivity contribution in [2.75, 3.05) is 23.4 Å². The Hall–Kier alpha value is -2.32. The summed E-state index contributed by atoms with van der Waals surface area (Å²) in [5, 5.41) is 17.2. The summed E-state index contributed by atoms with van der Waals surface area (Å²) in [6.45, 7) is 1.79. The number of hydrogen-bond acceptors (Lipinski definition) is 7. The average Bonchev–Trinajstić information content (AvgIpc) is 3.28. The van der Waals surface area contributed by atoms with Gasteiger partial charge in [-0.25, -0.2) is 4.98 Å². The Bertz CT molecular complexity index is 884. The normalized spacial score (nSPS) is 17.2. The molecule has 1 aliphatic rings. The van der Waals surface area contributed by atoms with Gasteiger partial charge < -0.3 is 15.3 Å². The molecule has 0 radical (unpaired) electrons. The smallest absolute Gasteiger partial charge is 0.173 e. The van der Waals surface area contributed by atoms with Gasteiger partial charge in [-0.3, -0.25) is 4.98 Å². The monoisotopic (exact) mass is 370 g/mol. The lowest BCUT2D eigenvalue weighted by Crippen LogP contribution is -2.31. The molecule has 0 amide bonds. The maximum atomic E-state index is 9.35. The Morgan fingerprint density at radius 1 is 1.35 bits per heavy atom. The van der Waals surface area contributed by atoms with E-state index in [1.54, 1.807) is 16.9 Å². The number of thiol groups is 1. The molecule has 4 heterocycles. The Morgan fingerprint density at radius 3 is 3.08 bits per heavy atom. The van der Waals surface area contributed by atoms with E-state index in [0.717, 1.165) is 53.5 Å². The number of anilines is 2. The molecule has 3 aromatic rings. The highest BCUT2D eigenvalue weighted by Crippen LogP contribution is 2.29. The first kappa shape index (κ1) is 17.1. The Labute approximate surface area is 157 Å². The Balaban J connectivity index is 1.67. The van der Waals surface area contributed by atoms with Gasteiger partial charge in [-0.15, -0.1) is 12.6 Å². The summed E-state index contributed by atoms with van der Waals surface area (Å²) < 4.78 is 1.78. The summed E-state index contributed by atoms with van der Waals surface area (Å²) in [7, 11) is 0. The van der Waals surface area contributed by atoms with Crippen molar-refractivity contribution in [2.45, 2.75) is 36.7 Å². The zero-order chi connectivity index (χ0) is 17.9. The third kappa shape index (κ3) is 3.34. The number of rotatable bonds is 6. The second-order valence-corrected chi connectivity index (χ2v) is 6.96. The second kappa shape index (κ2) is 7.51.